The molecule has 0 aliphatic carbocycles. The zero-order valence-electron chi connectivity index (χ0n) is 16.0. The van der Waals surface area contributed by atoms with Gasteiger partial charge in [0.2, 0.25) is 5.89 Å². The Kier molecular flexibility index (Phi) is 4.67. The Morgan fingerprint density at radius 3 is 2.10 bits per heavy atom. The number of amides is 3. The number of carbonyl (C=O) groups is 2. The molecule has 9 heteroatoms. The van der Waals surface area contributed by atoms with Crippen LogP contribution in [0.2, 0.25) is 0 Å². The Balaban J connectivity index is 1.50. The molecule has 154 valence electrons. The van der Waals surface area contributed by atoms with Gasteiger partial charge in [0.25, 0.3) is 11.8 Å². The summed E-state index contributed by atoms with van der Waals surface area (Å²) in [5, 5.41) is 10.8. The number of nitrogens with one attached hydrogen (secondary N) is 1. The average molecular weight is 479 g/mol. The Hall–Kier alpha value is -3.72. The molecule has 0 radical (unpaired) electrons. The molecular formula is C22H15BrN4O4. The molecular weight excluding hydrogens is 464 g/mol. The molecule has 3 amide bonds. The molecule has 4 aromatic rings. The molecule has 0 atom stereocenters. The Morgan fingerprint density at radius 2 is 1.52 bits per heavy atom. The maximum Gasteiger partial charge on any atom is 0.326 e. The van der Waals surface area contributed by atoms with Gasteiger partial charge in [-0.3, -0.25) is 9.69 Å². The first-order valence-electron chi connectivity index (χ1n) is 9.41. The fraction of sp³-hybridized carbons (Fsp3) is 0.0909. The molecule has 1 N–H and O–H groups in total. The fourth-order valence-electron chi connectivity index (χ4n) is 3.64. The lowest BCUT2D eigenvalue weighted by molar-refractivity contribution is -0.130. The van der Waals surface area contributed by atoms with Crippen molar-refractivity contribution in [2.45, 2.75) is 12.1 Å². The first-order chi connectivity index (χ1) is 15.1. The number of benzene rings is 2. The summed E-state index contributed by atoms with van der Waals surface area (Å²) in [5.74, 6) is 0.231. The second kappa shape index (κ2) is 7.51. The lowest BCUT2D eigenvalue weighted by atomic mass is 9.82. The van der Waals surface area contributed by atoms with Gasteiger partial charge in [0.15, 0.2) is 16.0 Å². The lowest BCUT2D eigenvalue weighted by Gasteiger charge is -2.27. The van der Waals surface area contributed by atoms with Crippen LogP contribution in [0, 0.1) is 0 Å². The Labute approximate surface area is 185 Å². The van der Waals surface area contributed by atoms with E-state index in [1.165, 1.54) is 0 Å². The number of halogens is 1. The minimum absolute atomic E-state index is 0.114. The largest absolute Gasteiger partial charge is 0.444 e. The van der Waals surface area contributed by atoms with Crippen LogP contribution in [-0.2, 0) is 16.9 Å². The standard InChI is InChI=1S/C22H15BrN4O4/c23-17-12-11-16(30-17)19-26-25-18(31-19)13-27-20(28)22(24-21(27)29,14-7-3-1-4-8-14)15-9-5-2-6-10-15/h1-12H,13H2,(H,24,29). The quantitative estimate of drug-likeness (QED) is 0.433. The summed E-state index contributed by atoms with van der Waals surface area (Å²) < 4.78 is 11.5. The lowest BCUT2D eigenvalue weighted by Crippen LogP contribution is -2.45. The third-order valence-corrected chi connectivity index (χ3v) is 5.49. The minimum atomic E-state index is -1.34. The molecule has 1 aliphatic rings. The molecule has 1 aliphatic heterocycles. The number of hydrogen-bond donors (Lipinski definition) is 1. The van der Waals surface area contributed by atoms with Crippen LogP contribution in [0.15, 0.2) is 86.3 Å². The van der Waals surface area contributed by atoms with Crippen LogP contribution in [0.3, 0.4) is 0 Å². The summed E-state index contributed by atoms with van der Waals surface area (Å²) in [6, 6.07) is 21.1. The highest BCUT2D eigenvalue weighted by Gasteiger charge is 2.54. The smallest absolute Gasteiger partial charge is 0.326 e. The molecule has 8 nitrogen and oxygen atoms in total. The van der Waals surface area contributed by atoms with Crippen LogP contribution in [0.1, 0.15) is 17.0 Å². The van der Waals surface area contributed by atoms with Gasteiger partial charge in [0.05, 0.1) is 0 Å². The van der Waals surface area contributed by atoms with Crippen LogP contribution >= 0.6 is 15.9 Å². The van der Waals surface area contributed by atoms with Crippen LogP contribution in [0.5, 0.6) is 0 Å². The van der Waals surface area contributed by atoms with E-state index in [0.29, 0.717) is 21.6 Å². The van der Waals surface area contributed by atoms with Gasteiger partial charge in [0.1, 0.15) is 6.54 Å². The SMILES string of the molecule is O=C1NC(c2ccccc2)(c2ccccc2)C(=O)N1Cc1nnc(-c2ccc(Br)o2)o1. The summed E-state index contributed by atoms with van der Waals surface area (Å²) >= 11 is 3.22. The highest BCUT2D eigenvalue weighted by Crippen LogP contribution is 2.36. The average Bonchev–Trinajstić information content (AvgIpc) is 3.50. The van der Waals surface area contributed by atoms with Gasteiger partial charge in [-0.15, -0.1) is 10.2 Å². The normalized spacial score (nSPS) is 15.3. The second-order valence-electron chi connectivity index (χ2n) is 6.91. The van der Waals surface area contributed by atoms with Gasteiger partial charge < -0.3 is 14.2 Å². The molecule has 31 heavy (non-hydrogen) atoms. The third-order valence-electron chi connectivity index (χ3n) is 5.06. The first-order valence-corrected chi connectivity index (χ1v) is 10.2. The van der Waals surface area contributed by atoms with E-state index in [4.69, 9.17) is 8.83 Å². The van der Waals surface area contributed by atoms with E-state index in [2.05, 4.69) is 31.4 Å². The maximum atomic E-state index is 13.7. The van der Waals surface area contributed by atoms with Crippen molar-refractivity contribution in [2.75, 3.05) is 0 Å². The molecule has 3 heterocycles. The summed E-state index contributed by atoms with van der Waals surface area (Å²) in [4.78, 5) is 27.6. The van der Waals surface area contributed by atoms with Crippen molar-refractivity contribution in [3.05, 3.63) is 94.5 Å². The predicted octanol–water partition coefficient (Wildman–Crippen LogP) is 4.09. The maximum absolute atomic E-state index is 13.7. The van der Waals surface area contributed by atoms with E-state index < -0.39 is 17.5 Å². The number of hydrogen-bond acceptors (Lipinski definition) is 6. The molecule has 2 aromatic heterocycles. The Bertz CT molecular complexity index is 1210. The van der Waals surface area contributed by atoms with Crippen LogP contribution in [0.25, 0.3) is 11.7 Å². The summed E-state index contributed by atoms with van der Waals surface area (Å²) in [6.07, 6.45) is 0. The van der Waals surface area contributed by atoms with Crippen LogP contribution in [-0.4, -0.2) is 27.0 Å². The molecule has 0 unspecified atom stereocenters. The van der Waals surface area contributed by atoms with E-state index >= 15 is 0 Å². The van der Waals surface area contributed by atoms with Crippen molar-refractivity contribution in [1.82, 2.24) is 20.4 Å². The molecule has 5 rings (SSSR count). The molecule has 0 spiro atoms. The zero-order valence-corrected chi connectivity index (χ0v) is 17.6. The van der Waals surface area contributed by atoms with Crippen LogP contribution < -0.4 is 5.32 Å². The minimum Gasteiger partial charge on any atom is -0.444 e. The topological polar surface area (TPSA) is 101 Å². The van der Waals surface area contributed by atoms with Gasteiger partial charge in [-0.2, -0.15) is 0 Å². The van der Waals surface area contributed by atoms with E-state index in [0.717, 1.165) is 4.90 Å². The van der Waals surface area contributed by atoms with Gasteiger partial charge in [0, 0.05) is 0 Å². The highest BCUT2D eigenvalue weighted by atomic mass is 79.9. The second-order valence-corrected chi connectivity index (χ2v) is 7.69. The molecule has 1 fully saturated rings. The number of imide groups is 1. The third kappa shape index (κ3) is 3.23. The van der Waals surface area contributed by atoms with Crippen molar-refractivity contribution in [2.24, 2.45) is 0 Å². The first kappa shape index (κ1) is 19.3. The van der Waals surface area contributed by atoms with Crippen molar-refractivity contribution in [3.63, 3.8) is 0 Å². The number of carbonyl (C=O) groups excluding carboxylic acids is 2. The fourth-order valence-corrected chi connectivity index (χ4v) is 3.94. The van der Waals surface area contributed by atoms with Crippen molar-refractivity contribution in [3.8, 4) is 11.7 Å². The number of nitrogens with zero attached hydrogens (tertiary/aromatic N) is 3. The predicted molar refractivity (Wildman–Crippen MR) is 112 cm³/mol. The molecule has 2 aromatic carbocycles. The molecule has 1 saturated heterocycles. The van der Waals surface area contributed by atoms with E-state index in [1.807, 2.05) is 60.7 Å². The molecule has 0 saturated carbocycles. The zero-order chi connectivity index (χ0) is 21.4. The number of furan rings is 1. The van der Waals surface area contributed by atoms with E-state index in [-0.39, 0.29) is 18.3 Å². The summed E-state index contributed by atoms with van der Waals surface area (Å²) in [6.45, 7) is -0.166. The van der Waals surface area contributed by atoms with Crippen molar-refractivity contribution >= 4 is 27.9 Å². The number of rotatable bonds is 5. The summed E-state index contributed by atoms with van der Waals surface area (Å²) in [5.41, 5.74) is -0.0173. The van der Waals surface area contributed by atoms with Gasteiger partial charge in [-0.1, -0.05) is 60.7 Å². The summed E-state index contributed by atoms with van der Waals surface area (Å²) in [7, 11) is 0. The van der Waals surface area contributed by atoms with Crippen LogP contribution in [0.4, 0.5) is 4.79 Å². The van der Waals surface area contributed by atoms with Gasteiger partial charge in [-0.05, 0) is 39.2 Å². The number of urea groups is 1. The van der Waals surface area contributed by atoms with Gasteiger partial charge >= 0.3 is 6.03 Å². The van der Waals surface area contributed by atoms with Crippen molar-refractivity contribution < 1.29 is 18.4 Å². The van der Waals surface area contributed by atoms with Crippen molar-refractivity contribution in [1.29, 1.82) is 0 Å². The monoisotopic (exact) mass is 478 g/mol. The van der Waals surface area contributed by atoms with E-state index in [9.17, 15) is 9.59 Å². The highest BCUT2D eigenvalue weighted by molar-refractivity contribution is 9.10. The molecule has 0 bridgehead atoms. The Morgan fingerprint density at radius 1 is 0.871 bits per heavy atom. The van der Waals surface area contributed by atoms with E-state index in [1.54, 1.807) is 12.1 Å². The van der Waals surface area contributed by atoms with Gasteiger partial charge in [-0.25, -0.2) is 4.79 Å². The number of aromatic nitrogens is 2.